The van der Waals surface area contributed by atoms with Crippen molar-refractivity contribution in [1.82, 2.24) is 4.90 Å². The van der Waals surface area contributed by atoms with Crippen molar-refractivity contribution in [2.75, 3.05) is 6.61 Å². The Balaban J connectivity index is 1.27. The van der Waals surface area contributed by atoms with Gasteiger partial charge >= 0.3 is 0 Å². The number of rotatable bonds is 9. The summed E-state index contributed by atoms with van der Waals surface area (Å²) in [6, 6.07) is 40.0. The molecule has 1 heterocycles. The first-order valence-corrected chi connectivity index (χ1v) is 14.7. The number of carbonyl (C=O) groups is 1. The summed E-state index contributed by atoms with van der Waals surface area (Å²) in [5.74, 6) is 1.23. The summed E-state index contributed by atoms with van der Waals surface area (Å²) < 4.78 is 12.2. The molecule has 0 N–H and O–H groups in total. The molecule has 6 heteroatoms. The largest absolute Gasteiger partial charge is 0.490 e. The van der Waals surface area contributed by atoms with E-state index in [1.165, 1.54) is 22.5 Å². The minimum absolute atomic E-state index is 0.0761. The molecule has 1 saturated heterocycles. The fourth-order valence-corrected chi connectivity index (χ4v) is 5.83. The van der Waals surface area contributed by atoms with Crippen molar-refractivity contribution >= 4 is 45.4 Å². The third kappa shape index (κ3) is 6.24. The average Bonchev–Trinajstić information content (AvgIpc) is 3.30. The lowest BCUT2D eigenvalue weighted by molar-refractivity contribution is -0.122. The van der Waals surface area contributed by atoms with Crippen LogP contribution in [0.25, 0.3) is 16.8 Å². The summed E-state index contributed by atoms with van der Waals surface area (Å²) in [4.78, 5) is 20.8. The van der Waals surface area contributed by atoms with Crippen LogP contribution in [0.3, 0.4) is 0 Å². The van der Waals surface area contributed by atoms with Gasteiger partial charge in [0.05, 0.1) is 23.7 Å². The molecule has 1 aliphatic heterocycles. The molecule has 1 aliphatic rings. The number of ether oxygens (including phenoxy) is 2. The molecule has 5 aromatic rings. The number of hydrogen-bond acceptors (Lipinski definition) is 5. The second-order valence-corrected chi connectivity index (χ2v) is 10.8. The third-order valence-electron chi connectivity index (χ3n) is 6.88. The van der Waals surface area contributed by atoms with Gasteiger partial charge in [0.15, 0.2) is 16.7 Å². The van der Waals surface area contributed by atoms with Crippen molar-refractivity contribution in [2.24, 2.45) is 4.99 Å². The zero-order valence-electron chi connectivity index (χ0n) is 23.3. The van der Waals surface area contributed by atoms with Crippen molar-refractivity contribution < 1.29 is 14.3 Å². The van der Waals surface area contributed by atoms with E-state index < -0.39 is 0 Å². The van der Waals surface area contributed by atoms with E-state index in [0.29, 0.717) is 41.3 Å². The second kappa shape index (κ2) is 12.8. The molecule has 0 bridgehead atoms. The topological polar surface area (TPSA) is 51.1 Å². The maximum absolute atomic E-state index is 13.7. The van der Waals surface area contributed by atoms with Crippen LogP contribution in [0.15, 0.2) is 131 Å². The van der Waals surface area contributed by atoms with Gasteiger partial charge in [0.2, 0.25) is 0 Å². The van der Waals surface area contributed by atoms with Gasteiger partial charge in [-0.2, -0.15) is 0 Å². The van der Waals surface area contributed by atoms with Crippen LogP contribution in [0.2, 0.25) is 0 Å². The van der Waals surface area contributed by atoms with E-state index in [0.717, 1.165) is 22.4 Å². The lowest BCUT2D eigenvalue weighted by Crippen LogP contribution is -2.28. The molecule has 0 radical (unpaired) electrons. The second-order valence-electron chi connectivity index (χ2n) is 9.78. The Morgan fingerprint density at radius 3 is 2.33 bits per heavy atom. The Kier molecular flexibility index (Phi) is 8.33. The molecule has 42 heavy (non-hydrogen) atoms. The summed E-state index contributed by atoms with van der Waals surface area (Å²) in [7, 11) is 0. The standard InChI is InChI=1S/C36H30N2O3S/c1-2-40-33-22-27(20-21-32(33)41-25-29-16-11-15-28-14-9-10-19-31(28)29)23-34-35(39)38(24-26-12-5-3-6-13-26)36(42-34)37-30-17-7-4-8-18-30/h3-23H,2,24-25H2,1H3/b34-23-,37-36?. The SMILES string of the molecule is CCOc1cc(/C=C2\SC(=Nc3ccccc3)N(Cc3ccccc3)C2=O)ccc1OCc1cccc2ccccc12. The predicted octanol–water partition coefficient (Wildman–Crippen LogP) is 8.62. The van der Waals surface area contributed by atoms with Crippen molar-refractivity contribution in [1.29, 1.82) is 0 Å². The Bertz CT molecular complexity index is 1760. The van der Waals surface area contributed by atoms with Crippen molar-refractivity contribution in [3.63, 3.8) is 0 Å². The number of fused-ring (bicyclic) bond motifs is 1. The van der Waals surface area contributed by atoms with E-state index in [2.05, 4.69) is 24.3 Å². The summed E-state index contributed by atoms with van der Waals surface area (Å²) in [6.45, 7) is 3.31. The van der Waals surface area contributed by atoms with Gasteiger partial charge in [-0.1, -0.05) is 97.1 Å². The molecule has 0 saturated carbocycles. The van der Waals surface area contributed by atoms with Crippen molar-refractivity contribution in [3.8, 4) is 11.5 Å². The molecule has 5 nitrogen and oxygen atoms in total. The molecule has 1 fully saturated rings. The van der Waals surface area contributed by atoms with Gasteiger partial charge in [0.1, 0.15) is 6.61 Å². The van der Waals surface area contributed by atoms with Crippen molar-refractivity contribution in [3.05, 3.63) is 143 Å². The lowest BCUT2D eigenvalue weighted by atomic mass is 10.1. The minimum atomic E-state index is -0.0761. The first kappa shape index (κ1) is 27.4. The van der Waals surface area contributed by atoms with Gasteiger partial charge < -0.3 is 9.47 Å². The minimum Gasteiger partial charge on any atom is -0.490 e. The number of nitrogens with zero attached hydrogens (tertiary/aromatic N) is 2. The normalized spacial score (nSPS) is 15.1. The fraction of sp³-hybridized carbons (Fsp3) is 0.111. The Hall–Kier alpha value is -4.81. The molecule has 0 spiro atoms. The highest BCUT2D eigenvalue weighted by molar-refractivity contribution is 8.18. The van der Waals surface area contributed by atoms with Crippen LogP contribution >= 0.6 is 11.8 Å². The van der Waals surface area contributed by atoms with E-state index in [9.17, 15) is 4.79 Å². The van der Waals surface area contributed by atoms with Crippen LogP contribution in [-0.4, -0.2) is 22.6 Å². The quantitative estimate of drug-likeness (QED) is 0.167. The maximum atomic E-state index is 13.7. The van der Waals surface area contributed by atoms with E-state index in [1.54, 1.807) is 4.90 Å². The molecule has 0 unspecified atom stereocenters. The number of aliphatic imine (C=N–C) groups is 1. The van der Waals surface area contributed by atoms with E-state index >= 15 is 0 Å². The molecule has 0 atom stereocenters. The molecule has 208 valence electrons. The lowest BCUT2D eigenvalue weighted by Gasteiger charge is -2.15. The summed E-state index contributed by atoms with van der Waals surface area (Å²) in [5, 5.41) is 3.01. The summed E-state index contributed by atoms with van der Waals surface area (Å²) >= 11 is 1.38. The van der Waals surface area contributed by atoms with Crippen LogP contribution in [0.4, 0.5) is 5.69 Å². The van der Waals surface area contributed by atoms with Crippen molar-refractivity contribution in [2.45, 2.75) is 20.1 Å². The number of thioether (sulfide) groups is 1. The molecule has 1 amide bonds. The number of para-hydroxylation sites is 1. The predicted molar refractivity (Wildman–Crippen MR) is 172 cm³/mol. The highest BCUT2D eigenvalue weighted by atomic mass is 32.2. The van der Waals surface area contributed by atoms with E-state index in [1.807, 2.05) is 110 Å². The molecule has 6 rings (SSSR count). The first-order chi connectivity index (χ1) is 20.7. The van der Waals surface area contributed by atoms with Gasteiger partial charge in [0, 0.05) is 0 Å². The Labute approximate surface area is 250 Å². The molecular formula is C36H30N2O3S. The van der Waals surface area contributed by atoms with Crippen LogP contribution in [0.1, 0.15) is 23.6 Å². The van der Waals surface area contributed by atoms with E-state index in [-0.39, 0.29) is 5.91 Å². The zero-order valence-corrected chi connectivity index (χ0v) is 24.1. The number of amides is 1. The smallest absolute Gasteiger partial charge is 0.267 e. The summed E-state index contributed by atoms with van der Waals surface area (Å²) in [5.41, 5.74) is 3.81. The van der Waals surface area contributed by atoms with Gasteiger partial charge in [-0.15, -0.1) is 0 Å². The summed E-state index contributed by atoms with van der Waals surface area (Å²) in [6.07, 6.45) is 1.90. The van der Waals surface area contributed by atoms with Crippen LogP contribution in [0, 0.1) is 0 Å². The van der Waals surface area contributed by atoms with Crippen LogP contribution in [-0.2, 0) is 17.9 Å². The Morgan fingerprint density at radius 2 is 1.52 bits per heavy atom. The number of benzene rings is 5. The first-order valence-electron chi connectivity index (χ1n) is 13.9. The van der Waals surface area contributed by atoms with Crippen LogP contribution < -0.4 is 9.47 Å². The molecular weight excluding hydrogens is 540 g/mol. The number of hydrogen-bond donors (Lipinski definition) is 0. The molecule has 0 aromatic heterocycles. The monoisotopic (exact) mass is 570 g/mol. The zero-order chi connectivity index (χ0) is 28.7. The van der Waals surface area contributed by atoms with Gasteiger partial charge in [-0.25, -0.2) is 4.99 Å². The highest BCUT2D eigenvalue weighted by Gasteiger charge is 2.33. The van der Waals surface area contributed by atoms with E-state index in [4.69, 9.17) is 14.5 Å². The van der Waals surface area contributed by atoms with Gasteiger partial charge in [0.25, 0.3) is 5.91 Å². The van der Waals surface area contributed by atoms with Crippen LogP contribution in [0.5, 0.6) is 11.5 Å². The number of carbonyl (C=O) groups excluding carboxylic acids is 1. The van der Waals surface area contributed by atoms with Gasteiger partial charge in [-0.05, 0) is 76.5 Å². The average molecular weight is 571 g/mol. The maximum Gasteiger partial charge on any atom is 0.267 e. The number of amidine groups is 1. The molecule has 0 aliphatic carbocycles. The Morgan fingerprint density at radius 1 is 0.786 bits per heavy atom. The highest BCUT2D eigenvalue weighted by Crippen LogP contribution is 2.37. The molecule has 5 aromatic carbocycles. The third-order valence-corrected chi connectivity index (χ3v) is 7.89. The van der Waals surface area contributed by atoms with Gasteiger partial charge in [-0.3, -0.25) is 9.69 Å². The fourth-order valence-electron chi connectivity index (χ4n) is 4.84.